The summed E-state index contributed by atoms with van der Waals surface area (Å²) in [5.74, 6) is 1.70. The molecule has 7 aromatic carbocycles. The molecule has 8 aromatic rings. The summed E-state index contributed by atoms with van der Waals surface area (Å²) in [6.45, 7) is 0. The highest BCUT2D eigenvalue weighted by molar-refractivity contribution is 6.12. The van der Waals surface area contributed by atoms with Crippen LogP contribution in [0.25, 0.3) is 72.0 Å². The van der Waals surface area contributed by atoms with Gasteiger partial charge in [-0.2, -0.15) is 5.26 Å². The number of benzene rings is 7. The molecule has 0 saturated heterocycles. The molecule has 0 aliphatic carbocycles. The lowest BCUT2D eigenvalue weighted by molar-refractivity contribution is 0.476. The Kier molecular flexibility index (Phi) is 5.88. The van der Waals surface area contributed by atoms with Crippen LogP contribution >= 0.6 is 0 Å². The molecular weight excluding hydrogens is 560 g/mol. The van der Waals surface area contributed by atoms with E-state index in [4.69, 9.17) is 4.74 Å². The Morgan fingerprint density at radius 2 is 1.00 bits per heavy atom. The Bertz CT molecular complexity index is 2500. The van der Waals surface area contributed by atoms with Crippen molar-refractivity contribution < 1.29 is 4.74 Å². The number of hydrogen-bond acceptors (Lipinski definition) is 2. The van der Waals surface area contributed by atoms with Crippen molar-refractivity contribution in [3.05, 3.63) is 163 Å². The summed E-state index contributed by atoms with van der Waals surface area (Å²) in [5, 5.41) is 12.3. The van der Waals surface area contributed by atoms with Gasteiger partial charge >= 0.3 is 0 Å². The first-order valence-electron chi connectivity index (χ1n) is 15.4. The van der Waals surface area contributed by atoms with E-state index in [2.05, 4.69) is 144 Å². The van der Waals surface area contributed by atoms with Gasteiger partial charge < -0.3 is 9.30 Å². The highest BCUT2D eigenvalue weighted by Crippen LogP contribution is 2.46. The Balaban J connectivity index is 1.09. The molecule has 0 radical (unpaired) electrons. The quantitative estimate of drug-likeness (QED) is 0.206. The number of nitriles is 1. The molecular formula is C43H26N2O. The Morgan fingerprint density at radius 3 is 1.80 bits per heavy atom. The normalized spacial score (nSPS) is 11.6. The fourth-order valence-corrected chi connectivity index (χ4v) is 6.79. The summed E-state index contributed by atoms with van der Waals surface area (Å²) in [7, 11) is 0. The first-order valence-corrected chi connectivity index (χ1v) is 15.4. The third-order valence-electron chi connectivity index (χ3n) is 9.00. The lowest BCUT2D eigenvalue weighted by Gasteiger charge is -2.21. The molecule has 0 atom stereocenters. The SMILES string of the molecule is N#Cc1cc(-c2ccc(-c3ccccc3)cc2)cc(-c2cccc(-c3ccc4c(c3)Oc3cccc5c6ccccc6n-4c35)c2)c1. The maximum atomic E-state index is 9.93. The molecule has 3 nitrogen and oxygen atoms in total. The highest BCUT2D eigenvalue weighted by atomic mass is 16.5. The smallest absolute Gasteiger partial charge is 0.152 e. The molecule has 1 aliphatic heterocycles. The monoisotopic (exact) mass is 586 g/mol. The molecule has 214 valence electrons. The van der Waals surface area contributed by atoms with E-state index < -0.39 is 0 Å². The van der Waals surface area contributed by atoms with Crippen LogP contribution in [0.1, 0.15) is 5.56 Å². The molecule has 1 aliphatic rings. The zero-order valence-corrected chi connectivity index (χ0v) is 24.8. The predicted octanol–water partition coefficient (Wildman–Crippen LogP) is 11.4. The lowest BCUT2D eigenvalue weighted by atomic mass is 9.93. The van der Waals surface area contributed by atoms with E-state index in [1.54, 1.807) is 0 Å². The summed E-state index contributed by atoms with van der Waals surface area (Å²) in [5.41, 5.74) is 12.6. The summed E-state index contributed by atoms with van der Waals surface area (Å²) in [6, 6.07) is 57.2. The van der Waals surface area contributed by atoms with Crippen LogP contribution in [-0.4, -0.2) is 4.57 Å². The van der Waals surface area contributed by atoms with Crippen molar-refractivity contribution in [2.45, 2.75) is 0 Å². The topological polar surface area (TPSA) is 37.9 Å². The summed E-state index contributed by atoms with van der Waals surface area (Å²) >= 11 is 0. The maximum Gasteiger partial charge on any atom is 0.152 e. The fraction of sp³-hybridized carbons (Fsp3) is 0. The van der Waals surface area contributed by atoms with Gasteiger partial charge in [0.2, 0.25) is 0 Å². The van der Waals surface area contributed by atoms with Crippen LogP contribution in [0.2, 0.25) is 0 Å². The van der Waals surface area contributed by atoms with Crippen LogP contribution in [0.15, 0.2) is 158 Å². The number of para-hydroxylation sites is 2. The van der Waals surface area contributed by atoms with Crippen LogP contribution in [0, 0.1) is 11.3 Å². The van der Waals surface area contributed by atoms with E-state index in [-0.39, 0.29) is 0 Å². The van der Waals surface area contributed by atoms with Crippen molar-refractivity contribution in [1.82, 2.24) is 4.57 Å². The van der Waals surface area contributed by atoms with Crippen LogP contribution < -0.4 is 4.74 Å². The van der Waals surface area contributed by atoms with Gasteiger partial charge in [-0.15, -0.1) is 0 Å². The minimum Gasteiger partial charge on any atom is -0.453 e. The second-order valence-corrected chi connectivity index (χ2v) is 11.7. The third kappa shape index (κ3) is 4.20. The van der Waals surface area contributed by atoms with Gasteiger partial charge in [-0.25, -0.2) is 0 Å². The van der Waals surface area contributed by atoms with Crippen molar-refractivity contribution in [2.24, 2.45) is 0 Å². The summed E-state index contributed by atoms with van der Waals surface area (Å²) in [6.07, 6.45) is 0. The minimum absolute atomic E-state index is 0.635. The third-order valence-corrected chi connectivity index (χ3v) is 9.00. The van der Waals surface area contributed by atoms with E-state index in [9.17, 15) is 5.26 Å². The molecule has 0 fully saturated rings. The molecule has 46 heavy (non-hydrogen) atoms. The molecule has 0 bridgehead atoms. The van der Waals surface area contributed by atoms with E-state index >= 15 is 0 Å². The number of rotatable bonds is 4. The van der Waals surface area contributed by atoms with Crippen molar-refractivity contribution in [3.8, 4) is 67.8 Å². The predicted molar refractivity (Wildman–Crippen MR) is 187 cm³/mol. The standard InChI is InChI=1S/C43H26N2O/c44-27-28-22-35(31-18-16-30(17-19-31)29-8-2-1-3-9-29)25-36(23-28)33-11-6-10-32(24-33)34-20-21-40-42(26-34)46-41-15-7-13-38-37-12-4-5-14-39(37)45(40)43(38)41/h1-26H. The van der Waals surface area contributed by atoms with Crippen molar-refractivity contribution in [3.63, 3.8) is 0 Å². The van der Waals surface area contributed by atoms with Gasteiger partial charge in [-0.05, 0) is 93.0 Å². The second kappa shape index (κ2) is 10.4. The average molecular weight is 587 g/mol. The number of hydrogen-bond donors (Lipinski definition) is 0. The van der Waals surface area contributed by atoms with E-state index in [1.165, 1.54) is 27.4 Å². The van der Waals surface area contributed by atoms with Gasteiger partial charge in [0.1, 0.15) is 0 Å². The lowest BCUT2D eigenvalue weighted by Crippen LogP contribution is -2.04. The van der Waals surface area contributed by atoms with Gasteiger partial charge in [0.15, 0.2) is 11.5 Å². The van der Waals surface area contributed by atoms with E-state index in [0.29, 0.717) is 5.56 Å². The van der Waals surface area contributed by atoms with Crippen LogP contribution in [0.4, 0.5) is 0 Å². The number of ether oxygens (including phenoxy) is 1. The summed E-state index contributed by atoms with van der Waals surface area (Å²) in [4.78, 5) is 0. The molecule has 3 heteroatoms. The Morgan fingerprint density at radius 1 is 0.435 bits per heavy atom. The maximum absolute atomic E-state index is 9.93. The number of aromatic nitrogens is 1. The Labute approximate surface area is 266 Å². The van der Waals surface area contributed by atoms with Gasteiger partial charge in [-0.1, -0.05) is 109 Å². The van der Waals surface area contributed by atoms with Crippen LogP contribution in [0.3, 0.4) is 0 Å². The Hall–Kier alpha value is -6.37. The van der Waals surface area contributed by atoms with E-state index in [1.807, 2.05) is 24.3 Å². The first kappa shape index (κ1) is 26.1. The molecule has 0 N–H and O–H groups in total. The van der Waals surface area contributed by atoms with Crippen molar-refractivity contribution in [2.75, 3.05) is 0 Å². The van der Waals surface area contributed by atoms with Gasteiger partial charge in [0.05, 0.1) is 28.4 Å². The van der Waals surface area contributed by atoms with Gasteiger partial charge in [-0.3, -0.25) is 0 Å². The molecule has 1 aromatic heterocycles. The van der Waals surface area contributed by atoms with Crippen molar-refractivity contribution in [1.29, 1.82) is 5.26 Å². The van der Waals surface area contributed by atoms with Gasteiger partial charge in [0.25, 0.3) is 0 Å². The zero-order valence-electron chi connectivity index (χ0n) is 24.8. The molecule has 2 heterocycles. The van der Waals surface area contributed by atoms with Crippen molar-refractivity contribution >= 4 is 21.8 Å². The largest absolute Gasteiger partial charge is 0.453 e. The highest BCUT2D eigenvalue weighted by Gasteiger charge is 2.23. The van der Waals surface area contributed by atoms with Crippen LogP contribution in [0.5, 0.6) is 11.5 Å². The molecule has 0 amide bonds. The summed E-state index contributed by atoms with van der Waals surface area (Å²) < 4.78 is 8.85. The molecule has 0 unspecified atom stereocenters. The number of fused-ring (bicyclic) bond motifs is 5. The van der Waals surface area contributed by atoms with Crippen LogP contribution in [-0.2, 0) is 0 Å². The number of nitrogens with zero attached hydrogens (tertiary/aromatic N) is 2. The average Bonchev–Trinajstić information content (AvgIpc) is 3.47. The first-order chi connectivity index (χ1) is 22.7. The molecule has 0 saturated carbocycles. The molecule has 9 rings (SSSR count). The minimum atomic E-state index is 0.635. The second-order valence-electron chi connectivity index (χ2n) is 11.7. The fourth-order valence-electron chi connectivity index (χ4n) is 6.79. The van der Waals surface area contributed by atoms with Gasteiger partial charge in [0, 0.05) is 10.8 Å². The zero-order chi connectivity index (χ0) is 30.6. The van der Waals surface area contributed by atoms with E-state index in [0.717, 1.165) is 56.1 Å². The molecule has 0 spiro atoms.